The molecule has 0 saturated carbocycles. The van der Waals surface area contributed by atoms with Crippen molar-refractivity contribution in [3.05, 3.63) is 65.5 Å². The fourth-order valence-corrected chi connectivity index (χ4v) is 2.43. The number of ether oxygens (including phenoxy) is 1. The summed E-state index contributed by atoms with van der Waals surface area (Å²) < 4.78 is 18.6. The summed E-state index contributed by atoms with van der Waals surface area (Å²) in [5.74, 6) is -1.11. The Balaban J connectivity index is 1.84. The molecule has 0 heterocycles. The van der Waals surface area contributed by atoms with Crippen molar-refractivity contribution in [2.45, 2.75) is 32.1 Å². The van der Waals surface area contributed by atoms with Gasteiger partial charge in [-0.15, -0.1) is 0 Å². The fraction of sp³-hybridized carbons (Fsp3) is 0.316. The minimum Gasteiger partial charge on any atom is -0.494 e. The summed E-state index contributed by atoms with van der Waals surface area (Å²) in [4.78, 5) is 11.4. The van der Waals surface area contributed by atoms with Crippen LogP contribution in [-0.2, 0) is 11.2 Å². The maximum atomic E-state index is 12.9. The van der Waals surface area contributed by atoms with Crippen LogP contribution >= 0.6 is 0 Å². The number of benzene rings is 2. The highest BCUT2D eigenvalue weighted by atomic mass is 19.1. The van der Waals surface area contributed by atoms with Crippen molar-refractivity contribution in [3.63, 3.8) is 0 Å². The molecule has 0 bridgehead atoms. The number of hydrogen-bond acceptors (Lipinski definition) is 2. The van der Waals surface area contributed by atoms with Crippen molar-refractivity contribution in [3.8, 4) is 5.75 Å². The third-order valence-corrected chi connectivity index (χ3v) is 3.81. The lowest BCUT2D eigenvalue weighted by atomic mass is 9.94. The van der Waals surface area contributed by atoms with E-state index in [2.05, 4.69) is 6.92 Å². The van der Waals surface area contributed by atoms with E-state index in [4.69, 9.17) is 4.74 Å². The summed E-state index contributed by atoms with van der Waals surface area (Å²) in [6.45, 7) is 2.55. The van der Waals surface area contributed by atoms with Crippen molar-refractivity contribution >= 4 is 5.97 Å². The second-order valence-electron chi connectivity index (χ2n) is 5.43. The van der Waals surface area contributed by atoms with E-state index in [1.807, 2.05) is 24.3 Å². The van der Waals surface area contributed by atoms with Gasteiger partial charge < -0.3 is 9.84 Å². The maximum absolute atomic E-state index is 12.9. The molecule has 4 heteroatoms. The van der Waals surface area contributed by atoms with Crippen LogP contribution in [-0.4, -0.2) is 17.7 Å². The number of carboxylic acids is 1. The van der Waals surface area contributed by atoms with Crippen LogP contribution < -0.4 is 4.74 Å². The number of carboxylic acid groups (broad SMARTS) is 1. The summed E-state index contributed by atoms with van der Waals surface area (Å²) in [7, 11) is 0. The van der Waals surface area contributed by atoms with E-state index in [0.29, 0.717) is 25.0 Å². The Hall–Kier alpha value is -2.36. The molecule has 0 aliphatic rings. The summed E-state index contributed by atoms with van der Waals surface area (Å²) in [5.41, 5.74) is 1.87. The quantitative estimate of drug-likeness (QED) is 0.734. The van der Waals surface area contributed by atoms with E-state index in [9.17, 15) is 14.3 Å². The molecule has 1 unspecified atom stereocenters. The van der Waals surface area contributed by atoms with E-state index in [1.165, 1.54) is 29.8 Å². The molecule has 0 aliphatic carbocycles. The number of hydrogen-bond donors (Lipinski definition) is 1. The summed E-state index contributed by atoms with van der Waals surface area (Å²) in [6, 6.07) is 13.5. The van der Waals surface area contributed by atoms with Crippen LogP contribution in [0.2, 0.25) is 0 Å². The van der Waals surface area contributed by atoms with Crippen LogP contribution in [0.4, 0.5) is 4.39 Å². The SMILES string of the molecule is CCc1ccc(OCCCC(C(=O)O)c2ccc(F)cc2)cc1. The lowest BCUT2D eigenvalue weighted by Crippen LogP contribution is -2.13. The minimum absolute atomic E-state index is 0.364. The minimum atomic E-state index is -0.899. The van der Waals surface area contributed by atoms with Gasteiger partial charge in [0.05, 0.1) is 12.5 Å². The van der Waals surface area contributed by atoms with Crippen molar-refractivity contribution < 1.29 is 19.0 Å². The summed E-state index contributed by atoms with van der Waals surface area (Å²) in [5, 5.41) is 9.34. The van der Waals surface area contributed by atoms with Gasteiger partial charge in [-0.05, 0) is 54.7 Å². The topological polar surface area (TPSA) is 46.5 Å². The molecule has 0 saturated heterocycles. The van der Waals surface area contributed by atoms with E-state index in [1.54, 1.807) is 0 Å². The molecular weight excluding hydrogens is 295 g/mol. The van der Waals surface area contributed by atoms with Gasteiger partial charge in [0.1, 0.15) is 11.6 Å². The number of carbonyl (C=O) groups is 1. The molecule has 0 spiro atoms. The molecule has 0 fully saturated rings. The van der Waals surface area contributed by atoms with E-state index >= 15 is 0 Å². The predicted molar refractivity (Wildman–Crippen MR) is 87.3 cm³/mol. The molecule has 0 aromatic heterocycles. The smallest absolute Gasteiger partial charge is 0.310 e. The second kappa shape index (κ2) is 8.32. The molecular formula is C19H21FO3. The van der Waals surface area contributed by atoms with E-state index < -0.39 is 11.9 Å². The third kappa shape index (κ3) is 5.09. The maximum Gasteiger partial charge on any atom is 0.310 e. The zero-order valence-electron chi connectivity index (χ0n) is 13.2. The zero-order valence-corrected chi connectivity index (χ0v) is 13.2. The zero-order chi connectivity index (χ0) is 16.7. The molecule has 1 N–H and O–H groups in total. The number of aryl methyl sites for hydroxylation is 1. The highest BCUT2D eigenvalue weighted by molar-refractivity contribution is 5.75. The molecule has 0 aliphatic heterocycles. The van der Waals surface area contributed by atoms with Crippen LogP contribution in [0.1, 0.15) is 36.8 Å². The van der Waals surface area contributed by atoms with Gasteiger partial charge in [0.25, 0.3) is 0 Å². The second-order valence-corrected chi connectivity index (χ2v) is 5.43. The molecule has 3 nitrogen and oxygen atoms in total. The number of aliphatic carboxylic acids is 1. The van der Waals surface area contributed by atoms with Crippen molar-refractivity contribution in [2.24, 2.45) is 0 Å². The van der Waals surface area contributed by atoms with Crippen LogP contribution in [0.3, 0.4) is 0 Å². The molecule has 1 atom stereocenters. The highest BCUT2D eigenvalue weighted by Gasteiger charge is 2.19. The molecule has 2 aromatic carbocycles. The average Bonchev–Trinajstić information content (AvgIpc) is 2.56. The number of rotatable bonds is 8. The van der Waals surface area contributed by atoms with Crippen LogP contribution in [0.25, 0.3) is 0 Å². The van der Waals surface area contributed by atoms with Gasteiger partial charge >= 0.3 is 5.97 Å². The van der Waals surface area contributed by atoms with E-state index in [-0.39, 0.29) is 5.82 Å². The number of halogens is 1. The van der Waals surface area contributed by atoms with Crippen molar-refractivity contribution in [1.82, 2.24) is 0 Å². The molecule has 23 heavy (non-hydrogen) atoms. The first-order valence-corrected chi connectivity index (χ1v) is 7.80. The van der Waals surface area contributed by atoms with Gasteiger partial charge in [0, 0.05) is 0 Å². The largest absolute Gasteiger partial charge is 0.494 e. The third-order valence-electron chi connectivity index (χ3n) is 3.81. The monoisotopic (exact) mass is 316 g/mol. The molecule has 0 radical (unpaired) electrons. The molecule has 2 rings (SSSR count). The molecule has 0 amide bonds. The summed E-state index contributed by atoms with van der Waals surface area (Å²) in [6.07, 6.45) is 2.05. The fourth-order valence-electron chi connectivity index (χ4n) is 2.43. The first-order valence-electron chi connectivity index (χ1n) is 7.80. The Morgan fingerprint density at radius 2 is 1.78 bits per heavy atom. The highest BCUT2D eigenvalue weighted by Crippen LogP contribution is 2.22. The van der Waals surface area contributed by atoms with Gasteiger partial charge in [0.15, 0.2) is 0 Å². The van der Waals surface area contributed by atoms with Gasteiger partial charge in [-0.1, -0.05) is 31.2 Å². The molecule has 122 valence electrons. The molecule has 2 aromatic rings. The first-order chi connectivity index (χ1) is 11.1. The average molecular weight is 316 g/mol. The van der Waals surface area contributed by atoms with E-state index in [0.717, 1.165) is 12.2 Å². The first kappa shape index (κ1) is 17.0. The van der Waals surface area contributed by atoms with Crippen molar-refractivity contribution in [1.29, 1.82) is 0 Å². The normalized spacial score (nSPS) is 11.9. The van der Waals surface area contributed by atoms with Gasteiger partial charge in [0.2, 0.25) is 0 Å². The Morgan fingerprint density at radius 3 is 2.35 bits per heavy atom. The lowest BCUT2D eigenvalue weighted by molar-refractivity contribution is -0.139. The van der Waals surface area contributed by atoms with Crippen molar-refractivity contribution in [2.75, 3.05) is 6.61 Å². The van der Waals surface area contributed by atoms with Gasteiger partial charge in [-0.2, -0.15) is 0 Å². The Bertz CT molecular complexity index is 620. The van der Waals surface area contributed by atoms with Gasteiger partial charge in [-0.3, -0.25) is 4.79 Å². The summed E-state index contributed by atoms with van der Waals surface area (Å²) >= 11 is 0. The predicted octanol–water partition coefficient (Wildman–Crippen LogP) is 4.42. The Labute approximate surface area is 135 Å². The van der Waals surface area contributed by atoms with Crippen LogP contribution in [0.15, 0.2) is 48.5 Å². The Morgan fingerprint density at radius 1 is 1.13 bits per heavy atom. The van der Waals surface area contributed by atoms with Crippen LogP contribution in [0.5, 0.6) is 5.75 Å². The standard InChI is InChI=1S/C19H21FO3/c1-2-14-5-11-17(12-6-14)23-13-3-4-18(19(21)22)15-7-9-16(20)10-8-15/h5-12,18H,2-4,13H2,1H3,(H,21,22). The Kier molecular flexibility index (Phi) is 6.15. The lowest BCUT2D eigenvalue weighted by Gasteiger charge is -2.13. The van der Waals surface area contributed by atoms with Gasteiger partial charge in [-0.25, -0.2) is 4.39 Å². The van der Waals surface area contributed by atoms with Crippen LogP contribution in [0, 0.1) is 5.82 Å².